The molecular formula is C20H24N4O2S. The van der Waals surface area contributed by atoms with Crippen molar-refractivity contribution in [2.75, 3.05) is 6.54 Å². The Bertz CT molecular complexity index is 899. The Kier molecular flexibility index (Phi) is 6.34. The predicted octanol–water partition coefficient (Wildman–Crippen LogP) is 5.02. The van der Waals surface area contributed by atoms with Crippen LogP contribution in [0.1, 0.15) is 39.0 Å². The number of benzene rings is 1. The van der Waals surface area contributed by atoms with Crippen LogP contribution < -0.4 is 4.80 Å². The van der Waals surface area contributed by atoms with Crippen LogP contribution in [0.3, 0.4) is 0 Å². The van der Waals surface area contributed by atoms with Gasteiger partial charge in [-0.25, -0.2) is 4.68 Å². The zero-order chi connectivity index (χ0) is 19.2. The van der Waals surface area contributed by atoms with Crippen LogP contribution in [0.4, 0.5) is 5.69 Å². The fourth-order valence-electron chi connectivity index (χ4n) is 3.26. The number of aromatic nitrogens is 1. The highest BCUT2D eigenvalue weighted by Crippen LogP contribution is 2.27. The van der Waals surface area contributed by atoms with Gasteiger partial charge in [0.1, 0.15) is 0 Å². The molecule has 0 spiro atoms. The molecule has 2 aromatic rings. The second kappa shape index (κ2) is 8.90. The van der Waals surface area contributed by atoms with E-state index in [1.807, 2.05) is 10.1 Å². The fraction of sp³-hybridized carbons (Fsp3) is 0.400. The molecule has 0 atom stereocenters. The minimum Gasteiger partial charge on any atom is -0.258 e. The maximum Gasteiger partial charge on any atom is 0.269 e. The molecule has 6 nitrogen and oxygen atoms in total. The molecule has 1 aliphatic carbocycles. The lowest BCUT2D eigenvalue weighted by Gasteiger charge is -2.21. The summed E-state index contributed by atoms with van der Waals surface area (Å²) in [7, 11) is 0. The largest absolute Gasteiger partial charge is 0.269 e. The van der Waals surface area contributed by atoms with Crippen LogP contribution in [0.15, 0.2) is 52.4 Å². The Labute approximate surface area is 162 Å². The van der Waals surface area contributed by atoms with Crippen molar-refractivity contribution < 1.29 is 4.92 Å². The van der Waals surface area contributed by atoms with E-state index in [1.54, 1.807) is 18.2 Å². The monoisotopic (exact) mass is 384 g/mol. The lowest BCUT2D eigenvalue weighted by molar-refractivity contribution is -0.384. The van der Waals surface area contributed by atoms with Gasteiger partial charge in [0.05, 0.1) is 17.2 Å². The average molecular weight is 385 g/mol. The van der Waals surface area contributed by atoms with E-state index in [-0.39, 0.29) is 10.6 Å². The minimum absolute atomic E-state index is 0.0845. The first-order chi connectivity index (χ1) is 13.1. The van der Waals surface area contributed by atoms with Crippen molar-refractivity contribution in [1.82, 2.24) is 4.68 Å². The standard InChI is InChI=1S/C20H24N4O2S/c1-3-13-21-20-23(22-17-9-5-15(4-2)6-10-17)19(14-27-20)16-7-11-18(12-8-16)24(25)26/h3,7-8,11-12,14-15H,1,4-6,9-10,13H2,2H3. The molecule has 1 fully saturated rings. The highest BCUT2D eigenvalue weighted by molar-refractivity contribution is 7.07. The van der Waals surface area contributed by atoms with Gasteiger partial charge in [0.25, 0.3) is 5.69 Å². The molecule has 1 heterocycles. The molecule has 3 rings (SSSR count). The summed E-state index contributed by atoms with van der Waals surface area (Å²) in [6, 6.07) is 6.58. The van der Waals surface area contributed by atoms with E-state index in [2.05, 4.69) is 18.5 Å². The second-order valence-corrected chi connectivity index (χ2v) is 7.50. The van der Waals surface area contributed by atoms with Gasteiger partial charge >= 0.3 is 0 Å². The molecule has 1 aromatic heterocycles. The number of thiazole rings is 1. The van der Waals surface area contributed by atoms with E-state index in [9.17, 15) is 10.1 Å². The molecular weight excluding hydrogens is 360 g/mol. The molecule has 0 aliphatic heterocycles. The molecule has 27 heavy (non-hydrogen) atoms. The Morgan fingerprint density at radius 3 is 2.63 bits per heavy atom. The van der Waals surface area contributed by atoms with E-state index < -0.39 is 0 Å². The molecule has 0 saturated heterocycles. The van der Waals surface area contributed by atoms with Gasteiger partial charge in [-0.1, -0.05) is 19.4 Å². The smallest absolute Gasteiger partial charge is 0.258 e. The summed E-state index contributed by atoms with van der Waals surface area (Å²) < 4.78 is 1.89. The van der Waals surface area contributed by atoms with Gasteiger partial charge in [0.2, 0.25) is 4.80 Å². The highest BCUT2D eigenvalue weighted by Gasteiger charge is 2.17. The molecule has 7 heteroatoms. The van der Waals surface area contributed by atoms with Crippen LogP contribution in [0.25, 0.3) is 11.3 Å². The number of nitro benzene ring substituents is 1. The van der Waals surface area contributed by atoms with Crippen LogP contribution in [-0.4, -0.2) is 21.9 Å². The molecule has 1 aromatic carbocycles. The number of hydrogen-bond donors (Lipinski definition) is 0. The number of nitrogens with zero attached hydrogens (tertiary/aromatic N) is 4. The molecule has 0 unspecified atom stereocenters. The zero-order valence-electron chi connectivity index (χ0n) is 15.5. The average Bonchev–Trinajstić information content (AvgIpc) is 3.09. The van der Waals surface area contributed by atoms with E-state index in [4.69, 9.17) is 5.10 Å². The van der Waals surface area contributed by atoms with E-state index in [1.165, 1.54) is 48.4 Å². The summed E-state index contributed by atoms with van der Waals surface area (Å²) in [5.41, 5.74) is 3.08. The van der Waals surface area contributed by atoms with Gasteiger partial charge in [0.15, 0.2) is 0 Å². The van der Waals surface area contributed by atoms with Crippen molar-refractivity contribution in [2.45, 2.75) is 39.0 Å². The van der Waals surface area contributed by atoms with Crippen molar-refractivity contribution in [3.63, 3.8) is 0 Å². The SMILES string of the molecule is C=CCN=c1scc(-c2ccc([N+](=O)[O-])cc2)n1N=C1CCC(CC)CC1. The first-order valence-corrected chi connectivity index (χ1v) is 10.1. The maximum absolute atomic E-state index is 10.9. The summed E-state index contributed by atoms with van der Waals surface area (Å²) in [4.78, 5) is 15.9. The number of non-ortho nitro benzene ring substituents is 1. The Balaban J connectivity index is 1.99. The molecule has 1 saturated carbocycles. The van der Waals surface area contributed by atoms with Crippen molar-refractivity contribution >= 4 is 22.7 Å². The van der Waals surface area contributed by atoms with Gasteiger partial charge in [-0.15, -0.1) is 17.9 Å². The van der Waals surface area contributed by atoms with Gasteiger partial charge in [0, 0.05) is 28.8 Å². The third-order valence-corrected chi connectivity index (χ3v) is 5.77. The third-order valence-electron chi connectivity index (χ3n) is 4.92. The van der Waals surface area contributed by atoms with Gasteiger partial charge in [-0.2, -0.15) is 5.10 Å². The van der Waals surface area contributed by atoms with Crippen LogP contribution >= 0.6 is 11.3 Å². The third kappa shape index (κ3) is 4.60. The van der Waals surface area contributed by atoms with Gasteiger partial charge < -0.3 is 0 Å². The van der Waals surface area contributed by atoms with Gasteiger partial charge in [-0.3, -0.25) is 15.1 Å². The van der Waals surface area contributed by atoms with E-state index >= 15 is 0 Å². The Morgan fingerprint density at radius 1 is 1.33 bits per heavy atom. The lowest BCUT2D eigenvalue weighted by atomic mass is 9.86. The normalized spacial score (nSPS) is 17.7. The van der Waals surface area contributed by atoms with Crippen molar-refractivity contribution in [2.24, 2.45) is 16.0 Å². The van der Waals surface area contributed by atoms with Crippen LogP contribution in [0.2, 0.25) is 0 Å². The molecule has 1 aliphatic rings. The highest BCUT2D eigenvalue weighted by atomic mass is 32.1. The maximum atomic E-state index is 10.9. The molecule has 0 amide bonds. The Hall–Kier alpha value is -2.54. The summed E-state index contributed by atoms with van der Waals surface area (Å²) in [5, 5.41) is 17.8. The van der Waals surface area contributed by atoms with E-state index in [0.29, 0.717) is 6.54 Å². The predicted molar refractivity (Wildman–Crippen MR) is 110 cm³/mol. The first kappa shape index (κ1) is 19.2. The first-order valence-electron chi connectivity index (χ1n) is 9.25. The number of nitro groups is 1. The van der Waals surface area contributed by atoms with Crippen molar-refractivity contribution in [1.29, 1.82) is 0 Å². The number of hydrogen-bond acceptors (Lipinski definition) is 5. The van der Waals surface area contributed by atoms with Crippen LogP contribution in [0, 0.1) is 16.0 Å². The molecule has 0 radical (unpaired) electrons. The van der Waals surface area contributed by atoms with Crippen molar-refractivity contribution in [3.05, 3.63) is 57.2 Å². The van der Waals surface area contributed by atoms with Crippen LogP contribution in [0.5, 0.6) is 0 Å². The summed E-state index contributed by atoms with van der Waals surface area (Å²) in [6.07, 6.45) is 7.39. The van der Waals surface area contributed by atoms with Crippen molar-refractivity contribution in [3.8, 4) is 11.3 Å². The topological polar surface area (TPSA) is 72.8 Å². The molecule has 0 N–H and O–H groups in total. The number of rotatable bonds is 6. The second-order valence-electron chi connectivity index (χ2n) is 6.67. The summed E-state index contributed by atoms with van der Waals surface area (Å²) in [6.45, 7) is 6.51. The quantitative estimate of drug-likeness (QED) is 0.399. The van der Waals surface area contributed by atoms with Crippen LogP contribution in [-0.2, 0) is 0 Å². The summed E-state index contributed by atoms with van der Waals surface area (Å²) >= 11 is 1.52. The minimum atomic E-state index is -0.386. The zero-order valence-corrected chi connectivity index (χ0v) is 16.3. The van der Waals surface area contributed by atoms with E-state index in [0.717, 1.165) is 34.8 Å². The summed E-state index contributed by atoms with van der Waals surface area (Å²) in [5.74, 6) is 0.801. The molecule has 142 valence electrons. The lowest BCUT2D eigenvalue weighted by Crippen LogP contribution is -2.19. The van der Waals surface area contributed by atoms with Gasteiger partial charge in [-0.05, 0) is 43.7 Å². The molecule has 0 bridgehead atoms. The fourth-order valence-corrected chi connectivity index (χ4v) is 4.10. The Morgan fingerprint density at radius 2 is 2.04 bits per heavy atom.